The number of benzene rings is 1. The Labute approximate surface area is 115 Å². The molecule has 0 fully saturated rings. The third-order valence-corrected chi connectivity index (χ3v) is 2.58. The first-order chi connectivity index (χ1) is 9.25. The summed E-state index contributed by atoms with van der Waals surface area (Å²) < 4.78 is 17.9. The van der Waals surface area contributed by atoms with Crippen LogP contribution in [-0.2, 0) is 4.79 Å². The van der Waals surface area contributed by atoms with Gasteiger partial charge in [0.1, 0.15) is 0 Å². The van der Waals surface area contributed by atoms with Crippen molar-refractivity contribution in [2.75, 3.05) is 13.7 Å². The highest BCUT2D eigenvalue weighted by Gasteiger charge is 2.25. The van der Waals surface area contributed by atoms with Crippen molar-refractivity contribution in [3.63, 3.8) is 0 Å². The van der Waals surface area contributed by atoms with Crippen molar-refractivity contribution in [3.8, 4) is 5.75 Å². The van der Waals surface area contributed by atoms with Gasteiger partial charge in [-0.3, -0.25) is 9.59 Å². The minimum Gasteiger partial charge on any atom is -0.494 e. The molecule has 0 aromatic heterocycles. The number of hydrogen-bond acceptors (Lipinski definition) is 4. The zero-order valence-electron chi connectivity index (χ0n) is 11.1. The second-order valence-electron chi connectivity index (χ2n) is 4.60. The fourth-order valence-electron chi connectivity index (χ4n) is 1.56. The number of aliphatic hydroxyl groups is 1. The number of methoxy groups -OCH3 is 1. The predicted molar refractivity (Wildman–Crippen MR) is 68.2 cm³/mol. The zero-order chi connectivity index (χ0) is 15.3. The smallest absolute Gasteiger partial charge is 0.306 e. The number of carboxylic acids is 1. The van der Waals surface area contributed by atoms with Crippen LogP contribution in [0.4, 0.5) is 4.39 Å². The van der Waals surface area contributed by atoms with E-state index >= 15 is 0 Å². The molecule has 0 spiro atoms. The van der Waals surface area contributed by atoms with Gasteiger partial charge in [0.25, 0.3) is 5.91 Å². The SMILES string of the molecule is COc1cc(C(=O)NCC(C)(O)CC(=O)O)ccc1F. The lowest BCUT2D eigenvalue weighted by molar-refractivity contribution is -0.141. The van der Waals surface area contributed by atoms with E-state index in [1.165, 1.54) is 26.2 Å². The van der Waals surface area contributed by atoms with Crippen molar-refractivity contribution in [2.24, 2.45) is 0 Å². The van der Waals surface area contributed by atoms with Crippen LogP contribution in [0, 0.1) is 5.82 Å². The molecule has 3 N–H and O–H groups in total. The molecular weight excluding hydrogens is 269 g/mol. The van der Waals surface area contributed by atoms with Crippen molar-refractivity contribution >= 4 is 11.9 Å². The fraction of sp³-hybridized carbons (Fsp3) is 0.385. The van der Waals surface area contributed by atoms with Gasteiger partial charge in [0.15, 0.2) is 11.6 Å². The fourth-order valence-corrected chi connectivity index (χ4v) is 1.56. The summed E-state index contributed by atoms with van der Waals surface area (Å²) in [5, 5.41) is 20.7. The maximum atomic E-state index is 13.2. The summed E-state index contributed by atoms with van der Waals surface area (Å²) in [4.78, 5) is 22.3. The van der Waals surface area contributed by atoms with Crippen molar-refractivity contribution in [1.29, 1.82) is 0 Å². The Morgan fingerprint density at radius 2 is 2.10 bits per heavy atom. The lowest BCUT2D eigenvalue weighted by Crippen LogP contribution is -2.42. The Hall–Kier alpha value is -2.15. The molecule has 0 bridgehead atoms. The summed E-state index contributed by atoms with van der Waals surface area (Å²) in [6.07, 6.45) is -0.500. The van der Waals surface area contributed by atoms with E-state index in [4.69, 9.17) is 9.84 Å². The number of hydrogen-bond donors (Lipinski definition) is 3. The quantitative estimate of drug-likeness (QED) is 0.718. The second-order valence-corrected chi connectivity index (χ2v) is 4.60. The molecular formula is C13H16FNO5. The van der Waals surface area contributed by atoms with Crippen LogP contribution in [0.25, 0.3) is 0 Å². The van der Waals surface area contributed by atoms with Crippen LogP contribution in [0.15, 0.2) is 18.2 Å². The molecule has 0 heterocycles. The highest BCUT2D eigenvalue weighted by atomic mass is 19.1. The highest BCUT2D eigenvalue weighted by Crippen LogP contribution is 2.18. The summed E-state index contributed by atoms with van der Waals surface area (Å²) in [6.45, 7) is 1.06. The number of carbonyl (C=O) groups is 2. The lowest BCUT2D eigenvalue weighted by atomic mass is 10.0. The molecule has 1 atom stereocenters. The van der Waals surface area contributed by atoms with E-state index in [9.17, 15) is 19.1 Å². The largest absolute Gasteiger partial charge is 0.494 e. The number of aliphatic carboxylic acids is 1. The Morgan fingerprint density at radius 1 is 1.45 bits per heavy atom. The first-order valence-electron chi connectivity index (χ1n) is 5.81. The molecule has 110 valence electrons. The third kappa shape index (κ3) is 4.51. The zero-order valence-corrected chi connectivity index (χ0v) is 11.1. The minimum absolute atomic E-state index is 0.0741. The number of carbonyl (C=O) groups excluding carboxylic acids is 1. The summed E-state index contributed by atoms with van der Waals surface area (Å²) in [6, 6.07) is 3.57. The topological polar surface area (TPSA) is 95.9 Å². The van der Waals surface area contributed by atoms with Gasteiger partial charge in [-0.2, -0.15) is 0 Å². The molecule has 0 saturated heterocycles. The van der Waals surface area contributed by atoms with Crippen LogP contribution in [0.5, 0.6) is 5.75 Å². The van der Waals surface area contributed by atoms with E-state index in [0.717, 1.165) is 6.07 Å². The van der Waals surface area contributed by atoms with E-state index in [-0.39, 0.29) is 17.9 Å². The highest BCUT2D eigenvalue weighted by molar-refractivity contribution is 5.94. The van der Waals surface area contributed by atoms with E-state index in [2.05, 4.69) is 5.32 Å². The number of amides is 1. The number of carboxylic acid groups (broad SMARTS) is 1. The summed E-state index contributed by atoms with van der Waals surface area (Å²) in [5.41, 5.74) is -1.42. The standard InChI is InChI=1S/C13H16FNO5/c1-13(19,6-11(16)17)7-15-12(18)8-3-4-9(14)10(5-8)20-2/h3-5,19H,6-7H2,1-2H3,(H,15,18)(H,16,17). The molecule has 0 aliphatic carbocycles. The van der Waals surface area contributed by atoms with Crippen LogP contribution < -0.4 is 10.1 Å². The Balaban J connectivity index is 2.70. The molecule has 0 saturated carbocycles. The van der Waals surface area contributed by atoms with Gasteiger partial charge in [-0.1, -0.05) is 0 Å². The first-order valence-corrected chi connectivity index (χ1v) is 5.81. The number of halogens is 1. The van der Waals surface area contributed by atoms with Crippen molar-refractivity contribution in [3.05, 3.63) is 29.6 Å². The van der Waals surface area contributed by atoms with Gasteiger partial charge in [-0.25, -0.2) is 4.39 Å². The maximum Gasteiger partial charge on any atom is 0.306 e. The molecule has 7 heteroatoms. The van der Waals surface area contributed by atoms with Crippen LogP contribution in [0.2, 0.25) is 0 Å². The van der Waals surface area contributed by atoms with Crippen LogP contribution >= 0.6 is 0 Å². The normalized spacial score (nSPS) is 13.4. The summed E-state index contributed by atoms with van der Waals surface area (Å²) >= 11 is 0. The molecule has 1 unspecified atom stereocenters. The van der Waals surface area contributed by atoms with Crippen molar-refractivity contribution in [2.45, 2.75) is 18.9 Å². The molecule has 1 amide bonds. The molecule has 20 heavy (non-hydrogen) atoms. The van der Waals surface area contributed by atoms with Gasteiger partial charge in [0, 0.05) is 12.1 Å². The average Bonchev–Trinajstić information content (AvgIpc) is 2.35. The first kappa shape index (κ1) is 15.9. The van der Waals surface area contributed by atoms with Crippen LogP contribution in [0.1, 0.15) is 23.7 Å². The summed E-state index contributed by atoms with van der Waals surface area (Å²) in [5.74, 6) is -2.40. The van der Waals surface area contributed by atoms with Gasteiger partial charge >= 0.3 is 5.97 Å². The second kappa shape index (κ2) is 6.33. The molecule has 0 radical (unpaired) electrons. The Bertz CT molecular complexity index is 515. The van der Waals surface area contributed by atoms with E-state index in [1.54, 1.807) is 0 Å². The average molecular weight is 285 g/mol. The monoisotopic (exact) mass is 285 g/mol. The van der Waals surface area contributed by atoms with E-state index in [0.29, 0.717) is 0 Å². The molecule has 6 nitrogen and oxygen atoms in total. The van der Waals surface area contributed by atoms with Crippen molar-refractivity contribution < 1.29 is 28.9 Å². The number of rotatable bonds is 6. The molecule has 0 aliphatic heterocycles. The summed E-state index contributed by atoms with van der Waals surface area (Å²) in [7, 11) is 1.28. The lowest BCUT2D eigenvalue weighted by Gasteiger charge is -2.21. The third-order valence-electron chi connectivity index (χ3n) is 2.58. The molecule has 1 aromatic carbocycles. The minimum atomic E-state index is -1.56. The van der Waals surface area contributed by atoms with Crippen LogP contribution in [-0.4, -0.2) is 41.3 Å². The van der Waals surface area contributed by atoms with E-state index < -0.39 is 29.7 Å². The number of nitrogens with one attached hydrogen (secondary N) is 1. The Morgan fingerprint density at radius 3 is 2.65 bits per heavy atom. The molecule has 1 rings (SSSR count). The predicted octanol–water partition coefficient (Wildman–Crippen LogP) is 0.790. The van der Waals surface area contributed by atoms with Gasteiger partial charge in [0.05, 0.1) is 19.1 Å². The molecule has 1 aromatic rings. The van der Waals surface area contributed by atoms with Gasteiger partial charge in [0.2, 0.25) is 0 Å². The maximum absolute atomic E-state index is 13.2. The van der Waals surface area contributed by atoms with Crippen molar-refractivity contribution in [1.82, 2.24) is 5.32 Å². The molecule has 0 aliphatic rings. The Kier molecular flexibility index (Phi) is 5.04. The van der Waals surface area contributed by atoms with Gasteiger partial charge < -0.3 is 20.3 Å². The van der Waals surface area contributed by atoms with Crippen LogP contribution in [0.3, 0.4) is 0 Å². The van der Waals surface area contributed by atoms with Gasteiger partial charge in [-0.15, -0.1) is 0 Å². The number of ether oxygens (including phenoxy) is 1. The van der Waals surface area contributed by atoms with E-state index in [1.807, 2.05) is 0 Å². The van der Waals surface area contributed by atoms with Gasteiger partial charge in [-0.05, 0) is 25.1 Å².